The Morgan fingerprint density at radius 2 is 2.10 bits per heavy atom. The van der Waals surface area contributed by atoms with Crippen LogP contribution < -0.4 is 0 Å². The fraction of sp³-hybridized carbons (Fsp3) is 0.500. The lowest BCUT2D eigenvalue weighted by atomic mass is 9.94. The van der Waals surface area contributed by atoms with Gasteiger partial charge in [0.15, 0.2) is 0 Å². The Morgan fingerprint density at radius 1 is 1.38 bits per heavy atom. The van der Waals surface area contributed by atoms with Crippen molar-refractivity contribution in [1.82, 2.24) is 4.90 Å². The molecule has 1 heterocycles. The molecule has 0 radical (unpaired) electrons. The second kappa shape index (κ2) is 7.28. The second-order valence-electron chi connectivity index (χ2n) is 5.63. The maximum atomic E-state index is 12.6. The fourth-order valence-corrected chi connectivity index (χ4v) is 2.75. The molecule has 0 aromatic heterocycles. The summed E-state index contributed by atoms with van der Waals surface area (Å²) >= 11 is 0. The molecule has 1 saturated heterocycles. The molecule has 3 nitrogen and oxygen atoms in total. The third-order valence-corrected chi connectivity index (χ3v) is 4.27. The number of aryl methyl sites for hydroxylation is 1. The van der Waals surface area contributed by atoms with Crippen LogP contribution in [0.3, 0.4) is 0 Å². The summed E-state index contributed by atoms with van der Waals surface area (Å²) in [4.78, 5) is 14.5. The molecule has 1 aliphatic rings. The van der Waals surface area contributed by atoms with Crippen molar-refractivity contribution in [3.05, 3.63) is 34.9 Å². The van der Waals surface area contributed by atoms with Crippen molar-refractivity contribution in [2.75, 3.05) is 19.7 Å². The van der Waals surface area contributed by atoms with Crippen LogP contribution in [0.5, 0.6) is 0 Å². The molecule has 1 aromatic carbocycles. The minimum Gasteiger partial charge on any atom is -0.384 e. The number of amides is 1. The first-order chi connectivity index (χ1) is 10.2. The van der Waals surface area contributed by atoms with Gasteiger partial charge < -0.3 is 10.0 Å². The lowest BCUT2D eigenvalue weighted by Gasteiger charge is -2.31. The van der Waals surface area contributed by atoms with E-state index in [4.69, 9.17) is 5.11 Å². The second-order valence-corrected chi connectivity index (χ2v) is 5.63. The van der Waals surface area contributed by atoms with Gasteiger partial charge in [-0.1, -0.05) is 31.3 Å². The van der Waals surface area contributed by atoms with Crippen LogP contribution in [0.2, 0.25) is 0 Å². The Labute approximate surface area is 127 Å². The highest BCUT2D eigenvalue weighted by Crippen LogP contribution is 2.22. The van der Waals surface area contributed by atoms with Crippen LogP contribution in [0.25, 0.3) is 0 Å². The van der Waals surface area contributed by atoms with Crippen molar-refractivity contribution in [2.24, 2.45) is 5.92 Å². The van der Waals surface area contributed by atoms with Gasteiger partial charge in [-0.05, 0) is 43.4 Å². The zero-order valence-electron chi connectivity index (χ0n) is 12.9. The third-order valence-electron chi connectivity index (χ3n) is 4.27. The van der Waals surface area contributed by atoms with E-state index >= 15 is 0 Å². The van der Waals surface area contributed by atoms with Crippen molar-refractivity contribution < 1.29 is 9.90 Å². The van der Waals surface area contributed by atoms with E-state index in [1.54, 1.807) is 0 Å². The highest BCUT2D eigenvalue weighted by Gasteiger charge is 2.22. The average molecular weight is 285 g/mol. The Hall–Kier alpha value is -1.79. The molecule has 0 unspecified atom stereocenters. The number of nitrogens with zero attached hydrogens (tertiary/aromatic N) is 1. The topological polar surface area (TPSA) is 40.5 Å². The number of carbonyl (C=O) groups excluding carboxylic acids is 1. The number of hydrogen-bond donors (Lipinski definition) is 1. The van der Waals surface area contributed by atoms with E-state index in [0.29, 0.717) is 5.56 Å². The number of likely N-dealkylation sites (tertiary alicyclic amines) is 1. The summed E-state index contributed by atoms with van der Waals surface area (Å²) < 4.78 is 0. The largest absolute Gasteiger partial charge is 0.384 e. The zero-order valence-corrected chi connectivity index (χ0v) is 12.9. The van der Waals surface area contributed by atoms with Gasteiger partial charge >= 0.3 is 0 Å². The van der Waals surface area contributed by atoms with Crippen molar-refractivity contribution in [2.45, 2.75) is 33.1 Å². The Morgan fingerprint density at radius 3 is 2.71 bits per heavy atom. The van der Waals surface area contributed by atoms with E-state index in [0.717, 1.165) is 43.0 Å². The van der Waals surface area contributed by atoms with Crippen LogP contribution in [0.4, 0.5) is 0 Å². The van der Waals surface area contributed by atoms with Crippen LogP contribution >= 0.6 is 0 Å². The van der Waals surface area contributed by atoms with Gasteiger partial charge in [0, 0.05) is 24.2 Å². The summed E-state index contributed by atoms with van der Waals surface area (Å²) in [6.45, 7) is 5.71. The maximum Gasteiger partial charge on any atom is 0.253 e. The van der Waals surface area contributed by atoms with Gasteiger partial charge in [-0.15, -0.1) is 0 Å². The smallest absolute Gasteiger partial charge is 0.253 e. The van der Waals surface area contributed by atoms with Crippen molar-refractivity contribution >= 4 is 5.91 Å². The van der Waals surface area contributed by atoms with Gasteiger partial charge in [0.2, 0.25) is 0 Å². The summed E-state index contributed by atoms with van der Waals surface area (Å²) in [6, 6.07) is 5.63. The molecule has 1 aromatic rings. The van der Waals surface area contributed by atoms with Crippen molar-refractivity contribution in [3.63, 3.8) is 0 Å². The standard InChI is InChI=1S/C18H23NO2/c1-3-15-8-10-19(11-9-15)18(21)17-7-6-14(2)16(13-17)5-4-12-20/h6-7,13,15,20H,3,8-12H2,1-2H3. The number of aliphatic hydroxyl groups is 1. The van der Waals surface area contributed by atoms with Crippen LogP contribution in [0, 0.1) is 24.7 Å². The lowest BCUT2D eigenvalue weighted by Crippen LogP contribution is -2.38. The summed E-state index contributed by atoms with van der Waals surface area (Å²) in [7, 11) is 0. The van der Waals surface area contributed by atoms with Crippen LogP contribution in [0.15, 0.2) is 18.2 Å². The van der Waals surface area contributed by atoms with Gasteiger partial charge in [0.25, 0.3) is 5.91 Å². The number of aliphatic hydroxyl groups excluding tert-OH is 1. The zero-order chi connectivity index (χ0) is 15.2. The number of piperidine rings is 1. The normalized spacial score (nSPS) is 15.5. The minimum atomic E-state index is -0.165. The van der Waals surface area contributed by atoms with Gasteiger partial charge in [-0.3, -0.25) is 4.79 Å². The minimum absolute atomic E-state index is 0.0941. The molecule has 0 saturated carbocycles. The molecule has 2 rings (SSSR count). The summed E-state index contributed by atoms with van der Waals surface area (Å²) in [5.41, 5.74) is 2.54. The van der Waals surface area contributed by atoms with Gasteiger partial charge in [0.05, 0.1) is 0 Å². The summed E-state index contributed by atoms with van der Waals surface area (Å²) in [6.07, 6.45) is 3.41. The first-order valence-electron chi connectivity index (χ1n) is 7.65. The van der Waals surface area contributed by atoms with E-state index in [2.05, 4.69) is 18.8 Å². The molecule has 0 bridgehead atoms. The Kier molecular flexibility index (Phi) is 5.41. The van der Waals surface area contributed by atoms with Crippen LogP contribution in [0.1, 0.15) is 47.7 Å². The van der Waals surface area contributed by atoms with Crippen LogP contribution in [-0.2, 0) is 0 Å². The fourth-order valence-electron chi connectivity index (χ4n) is 2.75. The van der Waals surface area contributed by atoms with Gasteiger partial charge in [-0.2, -0.15) is 0 Å². The molecule has 112 valence electrons. The van der Waals surface area contributed by atoms with Crippen molar-refractivity contribution in [1.29, 1.82) is 0 Å². The first-order valence-corrected chi connectivity index (χ1v) is 7.65. The molecule has 1 aliphatic heterocycles. The maximum absolute atomic E-state index is 12.6. The van der Waals surface area contributed by atoms with Crippen LogP contribution in [-0.4, -0.2) is 35.6 Å². The number of benzene rings is 1. The summed E-state index contributed by atoms with van der Waals surface area (Å²) in [5, 5.41) is 8.80. The number of rotatable bonds is 2. The quantitative estimate of drug-likeness (QED) is 0.849. The molecule has 0 aliphatic carbocycles. The highest BCUT2D eigenvalue weighted by atomic mass is 16.2. The van der Waals surface area contributed by atoms with E-state index in [1.165, 1.54) is 6.42 Å². The van der Waals surface area contributed by atoms with Gasteiger partial charge in [0.1, 0.15) is 6.61 Å². The molecule has 1 fully saturated rings. The van der Waals surface area contributed by atoms with E-state index in [9.17, 15) is 4.79 Å². The first kappa shape index (κ1) is 15.6. The molecule has 0 spiro atoms. The van der Waals surface area contributed by atoms with E-state index in [-0.39, 0.29) is 12.5 Å². The van der Waals surface area contributed by atoms with Gasteiger partial charge in [-0.25, -0.2) is 0 Å². The number of carbonyl (C=O) groups is 1. The molecular formula is C18H23NO2. The highest BCUT2D eigenvalue weighted by molar-refractivity contribution is 5.94. The lowest BCUT2D eigenvalue weighted by molar-refractivity contribution is 0.0689. The average Bonchev–Trinajstić information content (AvgIpc) is 2.53. The van der Waals surface area contributed by atoms with Crippen molar-refractivity contribution in [3.8, 4) is 11.8 Å². The molecule has 3 heteroatoms. The summed E-state index contributed by atoms with van der Waals surface area (Å²) in [5.74, 6) is 6.41. The predicted molar refractivity (Wildman–Crippen MR) is 84.1 cm³/mol. The number of hydrogen-bond acceptors (Lipinski definition) is 2. The molecule has 1 N–H and O–H groups in total. The molecule has 1 amide bonds. The Bertz CT molecular complexity index is 560. The molecule has 0 atom stereocenters. The Balaban J connectivity index is 2.13. The molecular weight excluding hydrogens is 262 g/mol. The third kappa shape index (κ3) is 3.86. The SMILES string of the molecule is CCC1CCN(C(=O)c2ccc(C)c(C#CCO)c2)CC1. The predicted octanol–water partition coefficient (Wildman–Crippen LogP) is 2.60. The van der Waals surface area contributed by atoms with E-state index in [1.807, 2.05) is 30.0 Å². The molecule has 21 heavy (non-hydrogen) atoms. The monoisotopic (exact) mass is 285 g/mol. The van der Waals surface area contributed by atoms with E-state index < -0.39 is 0 Å².